The summed E-state index contributed by atoms with van der Waals surface area (Å²) < 4.78 is 5.01. The zero-order chi connectivity index (χ0) is 15.7. The summed E-state index contributed by atoms with van der Waals surface area (Å²) in [6.45, 7) is 9.02. The van der Waals surface area contributed by atoms with Crippen molar-refractivity contribution < 1.29 is 9.53 Å². The molecule has 0 saturated heterocycles. The minimum absolute atomic E-state index is 0.276. The third-order valence-corrected chi connectivity index (χ3v) is 2.98. The van der Waals surface area contributed by atoms with Crippen LogP contribution in [0.2, 0.25) is 0 Å². The van der Waals surface area contributed by atoms with Crippen LogP contribution >= 0.6 is 0 Å². The number of anilines is 2. The van der Waals surface area contributed by atoms with Crippen LogP contribution in [0.25, 0.3) is 0 Å². The molecule has 1 aromatic heterocycles. The quantitative estimate of drug-likeness (QED) is 0.682. The van der Waals surface area contributed by atoms with Crippen LogP contribution in [-0.4, -0.2) is 35.1 Å². The highest BCUT2D eigenvalue weighted by atomic mass is 16.5. The number of ether oxygens (including phenoxy) is 1. The first-order valence-electron chi connectivity index (χ1n) is 7.64. The van der Waals surface area contributed by atoms with Crippen LogP contribution in [0.4, 0.5) is 11.6 Å². The highest BCUT2D eigenvalue weighted by molar-refractivity contribution is 5.79. The fraction of sp³-hybridized carbons (Fsp3) is 0.667. The summed E-state index contributed by atoms with van der Waals surface area (Å²) in [5.74, 6) is 1.26. The SMILES string of the molecule is CCCNc1ncnc(NC(C)C(=O)OCC)c1CCC. The molecule has 0 spiro atoms. The van der Waals surface area contributed by atoms with Crippen molar-refractivity contribution in [3.05, 3.63) is 11.9 Å². The van der Waals surface area contributed by atoms with E-state index in [1.807, 2.05) is 0 Å². The summed E-state index contributed by atoms with van der Waals surface area (Å²) in [4.78, 5) is 20.3. The van der Waals surface area contributed by atoms with Crippen molar-refractivity contribution >= 4 is 17.6 Å². The molecular formula is C15H26N4O2. The number of rotatable bonds is 9. The van der Waals surface area contributed by atoms with Gasteiger partial charge in [-0.1, -0.05) is 20.3 Å². The molecule has 2 N–H and O–H groups in total. The van der Waals surface area contributed by atoms with Crippen LogP contribution < -0.4 is 10.6 Å². The van der Waals surface area contributed by atoms with E-state index < -0.39 is 6.04 Å². The molecule has 118 valence electrons. The van der Waals surface area contributed by atoms with Crippen LogP contribution in [0.1, 0.15) is 46.1 Å². The molecule has 1 heterocycles. The van der Waals surface area contributed by atoms with Gasteiger partial charge in [-0.15, -0.1) is 0 Å². The molecular weight excluding hydrogens is 268 g/mol. The van der Waals surface area contributed by atoms with E-state index in [9.17, 15) is 4.79 Å². The van der Waals surface area contributed by atoms with Crippen LogP contribution in [0, 0.1) is 0 Å². The minimum Gasteiger partial charge on any atom is -0.464 e. The van der Waals surface area contributed by atoms with Gasteiger partial charge in [0, 0.05) is 12.1 Å². The first-order valence-corrected chi connectivity index (χ1v) is 7.64. The molecule has 1 unspecified atom stereocenters. The van der Waals surface area contributed by atoms with Gasteiger partial charge in [-0.05, 0) is 26.7 Å². The maximum absolute atomic E-state index is 11.7. The van der Waals surface area contributed by atoms with Crippen LogP contribution in [-0.2, 0) is 16.0 Å². The van der Waals surface area contributed by atoms with E-state index in [-0.39, 0.29) is 5.97 Å². The smallest absolute Gasteiger partial charge is 0.328 e. The topological polar surface area (TPSA) is 76.1 Å². The van der Waals surface area contributed by atoms with E-state index in [1.165, 1.54) is 6.33 Å². The Hall–Kier alpha value is -1.85. The molecule has 6 heteroatoms. The number of carbonyl (C=O) groups excluding carboxylic acids is 1. The lowest BCUT2D eigenvalue weighted by atomic mass is 10.1. The first-order chi connectivity index (χ1) is 10.1. The molecule has 21 heavy (non-hydrogen) atoms. The second-order valence-electron chi connectivity index (χ2n) is 4.84. The van der Waals surface area contributed by atoms with Crippen molar-refractivity contribution in [2.45, 2.75) is 53.0 Å². The second-order valence-corrected chi connectivity index (χ2v) is 4.84. The predicted octanol–water partition coefficient (Wildman–Crippen LogP) is 2.61. The Bertz CT molecular complexity index is 451. The Morgan fingerprint density at radius 2 is 1.95 bits per heavy atom. The molecule has 1 aromatic rings. The van der Waals surface area contributed by atoms with Crippen LogP contribution in [0.15, 0.2) is 6.33 Å². The fourth-order valence-corrected chi connectivity index (χ4v) is 1.95. The van der Waals surface area contributed by atoms with Crippen molar-refractivity contribution in [3.8, 4) is 0 Å². The van der Waals surface area contributed by atoms with E-state index >= 15 is 0 Å². The maximum atomic E-state index is 11.7. The monoisotopic (exact) mass is 294 g/mol. The first kappa shape index (κ1) is 17.2. The van der Waals surface area contributed by atoms with E-state index in [2.05, 4.69) is 34.4 Å². The predicted molar refractivity (Wildman–Crippen MR) is 84.5 cm³/mol. The standard InChI is InChI=1S/C15H26N4O2/c1-5-8-12-13(16-9-6-2)17-10-18-14(12)19-11(4)15(20)21-7-3/h10-11H,5-9H2,1-4H3,(H2,16,17,18,19). The Morgan fingerprint density at radius 1 is 1.24 bits per heavy atom. The molecule has 0 aliphatic carbocycles. The molecule has 1 rings (SSSR count). The van der Waals surface area contributed by atoms with Gasteiger partial charge in [0.2, 0.25) is 0 Å². The summed E-state index contributed by atoms with van der Waals surface area (Å²) >= 11 is 0. The largest absolute Gasteiger partial charge is 0.464 e. The normalized spacial score (nSPS) is 11.8. The molecule has 0 fully saturated rings. The fourth-order valence-electron chi connectivity index (χ4n) is 1.95. The highest BCUT2D eigenvalue weighted by Gasteiger charge is 2.17. The zero-order valence-electron chi connectivity index (χ0n) is 13.4. The number of nitrogens with one attached hydrogen (secondary N) is 2. The van der Waals surface area contributed by atoms with Gasteiger partial charge in [-0.25, -0.2) is 14.8 Å². The summed E-state index contributed by atoms with van der Waals surface area (Å²) in [5.41, 5.74) is 1.02. The third-order valence-electron chi connectivity index (χ3n) is 2.98. The molecule has 0 bridgehead atoms. The third kappa shape index (κ3) is 5.21. The average molecular weight is 294 g/mol. The summed E-state index contributed by atoms with van der Waals surface area (Å²) in [6.07, 6.45) is 4.37. The molecule has 0 saturated carbocycles. The van der Waals surface area contributed by atoms with Crippen LogP contribution in [0.3, 0.4) is 0 Å². The molecule has 0 aliphatic rings. The van der Waals surface area contributed by atoms with Crippen molar-refractivity contribution in [1.29, 1.82) is 0 Å². The number of aromatic nitrogens is 2. The molecule has 0 aliphatic heterocycles. The van der Waals surface area contributed by atoms with Gasteiger partial charge in [-0.2, -0.15) is 0 Å². The van der Waals surface area contributed by atoms with Crippen molar-refractivity contribution in [2.75, 3.05) is 23.8 Å². The van der Waals surface area contributed by atoms with Gasteiger partial charge in [0.25, 0.3) is 0 Å². The Labute approximate surface area is 126 Å². The van der Waals surface area contributed by atoms with E-state index in [4.69, 9.17) is 4.74 Å². The number of carbonyl (C=O) groups is 1. The van der Waals surface area contributed by atoms with Gasteiger partial charge in [-0.3, -0.25) is 0 Å². The van der Waals surface area contributed by atoms with Crippen molar-refractivity contribution in [1.82, 2.24) is 9.97 Å². The van der Waals surface area contributed by atoms with Gasteiger partial charge in [0.15, 0.2) is 0 Å². The van der Waals surface area contributed by atoms with Gasteiger partial charge in [0.05, 0.1) is 6.61 Å². The highest BCUT2D eigenvalue weighted by Crippen LogP contribution is 2.22. The summed E-state index contributed by atoms with van der Waals surface area (Å²) in [7, 11) is 0. The lowest BCUT2D eigenvalue weighted by Gasteiger charge is -2.18. The van der Waals surface area contributed by atoms with Crippen molar-refractivity contribution in [3.63, 3.8) is 0 Å². The van der Waals surface area contributed by atoms with E-state index in [1.54, 1.807) is 13.8 Å². The Morgan fingerprint density at radius 3 is 2.57 bits per heavy atom. The number of nitrogens with zero attached hydrogens (tertiary/aromatic N) is 2. The summed E-state index contributed by atoms with van der Waals surface area (Å²) in [6, 6.07) is -0.436. The second kappa shape index (κ2) is 9.15. The van der Waals surface area contributed by atoms with Gasteiger partial charge >= 0.3 is 5.97 Å². The Balaban J connectivity index is 2.91. The zero-order valence-corrected chi connectivity index (χ0v) is 13.4. The lowest BCUT2D eigenvalue weighted by molar-refractivity contribution is -0.143. The molecule has 0 radical (unpaired) electrons. The lowest BCUT2D eigenvalue weighted by Crippen LogP contribution is -2.29. The molecule has 0 aromatic carbocycles. The maximum Gasteiger partial charge on any atom is 0.328 e. The Kier molecular flexibility index (Phi) is 7.50. The molecule has 0 amide bonds. The van der Waals surface area contributed by atoms with Crippen LogP contribution in [0.5, 0.6) is 0 Å². The van der Waals surface area contributed by atoms with E-state index in [0.717, 1.165) is 37.2 Å². The number of hydrogen-bond acceptors (Lipinski definition) is 6. The number of hydrogen-bond donors (Lipinski definition) is 2. The summed E-state index contributed by atoms with van der Waals surface area (Å²) in [5, 5.41) is 6.44. The van der Waals surface area contributed by atoms with Crippen molar-refractivity contribution in [2.24, 2.45) is 0 Å². The molecule has 1 atom stereocenters. The average Bonchev–Trinajstić information content (AvgIpc) is 2.47. The molecule has 6 nitrogen and oxygen atoms in total. The van der Waals surface area contributed by atoms with E-state index in [0.29, 0.717) is 12.4 Å². The minimum atomic E-state index is -0.436. The van der Waals surface area contributed by atoms with Gasteiger partial charge in [0.1, 0.15) is 24.0 Å². The number of esters is 1. The van der Waals surface area contributed by atoms with Gasteiger partial charge < -0.3 is 15.4 Å².